The van der Waals surface area contributed by atoms with Gasteiger partial charge in [0.05, 0.1) is 18.3 Å². The average Bonchev–Trinajstić information content (AvgIpc) is 2.68. The molecule has 0 aromatic heterocycles. The zero-order valence-electron chi connectivity index (χ0n) is 15.3. The number of amides is 2. The normalized spacial score (nSPS) is 19.8. The molecule has 0 heterocycles. The average molecular weight is 392 g/mol. The van der Waals surface area contributed by atoms with Crippen LogP contribution in [0.3, 0.4) is 0 Å². The molecule has 2 aromatic carbocycles. The Kier molecular flexibility index (Phi) is 6.57. The van der Waals surface area contributed by atoms with Crippen molar-refractivity contribution in [2.75, 3.05) is 5.32 Å². The number of alkyl halides is 3. The monoisotopic (exact) mass is 392 g/mol. The highest BCUT2D eigenvalue weighted by atomic mass is 19.4. The number of hydrogen-bond acceptors (Lipinski definition) is 2. The summed E-state index contributed by atoms with van der Waals surface area (Å²) in [5, 5.41) is 5.31. The first-order valence-electron chi connectivity index (χ1n) is 9.30. The van der Waals surface area contributed by atoms with E-state index >= 15 is 0 Å². The summed E-state index contributed by atoms with van der Waals surface area (Å²) in [4.78, 5) is 12.1. The number of anilines is 1. The molecule has 0 bridgehead atoms. The van der Waals surface area contributed by atoms with Crippen molar-refractivity contribution in [1.82, 2.24) is 5.32 Å². The number of carbonyl (C=O) groups is 1. The third kappa shape index (κ3) is 5.99. The van der Waals surface area contributed by atoms with Crippen LogP contribution in [0.25, 0.3) is 0 Å². The van der Waals surface area contributed by atoms with Crippen LogP contribution in [0.4, 0.5) is 23.7 Å². The molecule has 0 unspecified atom stereocenters. The van der Waals surface area contributed by atoms with Crippen molar-refractivity contribution in [3.05, 3.63) is 65.7 Å². The number of halogens is 3. The molecule has 2 aromatic rings. The van der Waals surface area contributed by atoms with E-state index in [0.717, 1.165) is 43.4 Å². The van der Waals surface area contributed by atoms with Gasteiger partial charge in [-0.3, -0.25) is 0 Å². The molecule has 1 saturated carbocycles. The molecule has 0 spiro atoms. The fourth-order valence-corrected chi connectivity index (χ4v) is 3.29. The quantitative estimate of drug-likeness (QED) is 0.720. The first kappa shape index (κ1) is 20.2. The Morgan fingerprint density at radius 1 is 1.00 bits per heavy atom. The maximum atomic E-state index is 12.7. The second-order valence-electron chi connectivity index (χ2n) is 6.95. The van der Waals surface area contributed by atoms with E-state index in [0.29, 0.717) is 6.61 Å². The van der Waals surface area contributed by atoms with Gasteiger partial charge in [0.2, 0.25) is 0 Å². The molecule has 2 N–H and O–H groups in total. The SMILES string of the molecule is O=C(Nc1cccc(C(F)(F)F)c1)NC1CCC(OCc2ccccc2)CC1. The summed E-state index contributed by atoms with van der Waals surface area (Å²) in [5.41, 5.74) is 0.455. The largest absolute Gasteiger partial charge is 0.416 e. The fraction of sp³-hybridized carbons (Fsp3) is 0.381. The Morgan fingerprint density at radius 3 is 2.39 bits per heavy atom. The number of hydrogen-bond donors (Lipinski definition) is 2. The Labute approximate surface area is 162 Å². The molecule has 1 aliphatic rings. The van der Waals surface area contributed by atoms with Gasteiger partial charge in [-0.25, -0.2) is 4.79 Å². The van der Waals surface area contributed by atoms with Gasteiger partial charge in [-0.2, -0.15) is 13.2 Å². The Morgan fingerprint density at radius 2 is 1.71 bits per heavy atom. The molecule has 28 heavy (non-hydrogen) atoms. The Hall–Kier alpha value is -2.54. The number of carbonyl (C=O) groups excluding carboxylic acids is 1. The second-order valence-corrected chi connectivity index (χ2v) is 6.95. The van der Waals surface area contributed by atoms with Gasteiger partial charge >= 0.3 is 12.2 Å². The van der Waals surface area contributed by atoms with Crippen molar-refractivity contribution < 1.29 is 22.7 Å². The van der Waals surface area contributed by atoms with Crippen LogP contribution >= 0.6 is 0 Å². The molecule has 0 atom stereocenters. The van der Waals surface area contributed by atoms with Crippen molar-refractivity contribution in [3.63, 3.8) is 0 Å². The van der Waals surface area contributed by atoms with E-state index in [2.05, 4.69) is 10.6 Å². The number of benzene rings is 2. The standard InChI is InChI=1S/C21H23F3N2O2/c22-21(23,24)16-7-4-8-18(13-16)26-20(27)25-17-9-11-19(12-10-17)28-14-15-5-2-1-3-6-15/h1-8,13,17,19H,9-12,14H2,(H2,25,26,27). The topological polar surface area (TPSA) is 50.4 Å². The highest BCUT2D eigenvalue weighted by molar-refractivity contribution is 5.89. The maximum absolute atomic E-state index is 12.7. The van der Waals surface area contributed by atoms with E-state index < -0.39 is 17.8 Å². The van der Waals surface area contributed by atoms with Crippen LogP contribution in [-0.4, -0.2) is 18.2 Å². The van der Waals surface area contributed by atoms with Crippen molar-refractivity contribution in [1.29, 1.82) is 0 Å². The van der Waals surface area contributed by atoms with Gasteiger partial charge in [0.25, 0.3) is 0 Å². The van der Waals surface area contributed by atoms with Gasteiger partial charge in [-0.15, -0.1) is 0 Å². The van der Waals surface area contributed by atoms with Gasteiger partial charge < -0.3 is 15.4 Å². The van der Waals surface area contributed by atoms with Gasteiger partial charge in [0.15, 0.2) is 0 Å². The van der Waals surface area contributed by atoms with Crippen LogP contribution in [0.1, 0.15) is 36.8 Å². The molecule has 4 nitrogen and oxygen atoms in total. The van der Waals surface area contributed by atoms with Crippen LogP contribution in [0.5, 0.6) is 0 Å². The molecule has 2 amide bonds. The summed E-state index contributed by atoms with van der Waals surface area (Å²) in [5.74, 6) is 0. The maximum Gasteiger partial charge on any atom is 0.416 e. The summed E-state index contributed by atoms with van der Waals surface area (Å²) >= 11 is 0. The molecule has 1 aliphatic carbocycles. The molecular formula is C21H23F3N2O2. The number of rotatable bonds is 5. The zero-order valence-corrected chi connectivity index (χ0v) is 15.3. The van der Waals surface area contributed by atoms with Gasteiger partial charge in [-0.1, -0.05) is 36.4 Å². The minimum absolute atomic E-state index is 0.0117. The number of urea groups is 1. The third-order valence-corrected chi connectivity index (χ3v) is 4.79. The predicted molar refractivity (Wildman–Crippen MR) is 101 cm³/mol. The van der Waals surface area contributed by atoms with Crippen LogP contribution < -0.4 is 10.6 Å². The van der Waals surface area contributed by atoms with E-state index in [1.807, 2.05) is 30.3 Å². The highest BCUT2D eigenvalue weighted by Crippen LogP contribution is 2.30. The lowest BCUT2D eigenvalue weighted by Crippen LogP contribution is -2.41. The van der Waals surface area contributed by atoms with Crippen LogP contribution in [0, 0.1) is 0 Å². The molecule has 1 fully saturated rings. The molecular weight excluding hydrogens is 369 g/mol. The van der Waals surface area contributed by atoms with Crippen LogP contribution in [0.15, 0.2) is 54.6 Å². The van der Waals surface area contributed by atoms with E-state index in [-0.39, 0.29) is 17.8 Å². The zero-order chi connectivity index (χ0) is 20.0. The van der Waals surface area contributed by atoms with E-state index in [1.54, 1.807) is 0 Å². The van der Waals surface area contributed by atoms with Crippen molar-refractivity contribution in [3.8, 4) is 0 Å². The second kappa shape index (κ2) is 9.10. The summed E-state index contributed by atoms with van der Waals surface area (Å²) in [6, 6.07) is 14.0. The minimum atomic E-state index is -4.44. The molecule has 0 saturated heterocycles. The van der Waals surface area contributed by atoms with E-state index in [4.69, 9.17) is 4.74 Å². The molecule has 150 valence electrons. The summed E-state index contributed by atoms with van der Waals surface area (Å²) in [6.07, 6.45) is -1.07. The van der Waals surface area contributed by atoms with E-state index in [9.17, 15) is 18.0 Å². The number of nitrogens with one attached hydrogen (secondary N) is 2. The van der Waals surface area contributed by atoms with Crippen LogP contribution in [0.2, 0.25) is 0 Å². The fourth-order valence-electron chi connectivity index (χ4n) is 3.29. The first-order chi connectivity index (χ1) is 13.4. The molecule has 3 rings (SSSR count). The van der Waals surface area contributed by atoms with Crippen molar-refractivity contribution in [2.45, 2.75) is 50.6 Å². The van der Waals surface area contributed by atoms with Crippen molar-refractivity contribution in [2.24, 2.45) is 0 Å². The van der Waals surface area contributed by atoms with Crippen molar-refractivity contribution >= 4 is 11.7 Å². The molecule has 7 heteroatoms. The highest BCUT2D eigenvalue weighted by Gasteiger charge is 2.30. The Bertz CT molecular complexity index is 773. The molecule has 0 aliphatic heterocycles. The minimum Gasteiger partial charge on any atom is -0.374 e. The summed E-state index contributed by atoms with van der Waals surface area (Å²) in [6.45, 7) is 0.569. The lowest BCUT2D eigenvalue weighted by molar-refractivity contribution is -0.137. The lowest BCUT2D eigenvalue weighted by Gasteiger charge is -2.29. The van der Waals surface area contributed by atoms with Crippen LogP contribution in [-0.2, 0) is 17.5 Å². The van der Waals surface area contributed by atoms with Gasteiger partial charge in [0, 0.05) is 11.7 Å². The van der Waals surface area contributed by atoms with E-state index in [1.165, 1.54) is 12.1 Å². The lowest BCUT2D eigenvalue weighted by atomic mass is 9.93. The Balaban J connectivity index is 1.41. The predicted octanol–water partition coefficient (Wildman–Crippen LogP) is 5.35. The molecule has 0 radical (unpaired) electrons. The first-order valence-corrected chi connectivity index (χ1v) is 9.30. The summed E-state index contributed by atoms with van der Waals surface area (Å²) < 4.78 is 44.2. The summed E-state index contributed by atoms with van der Waals surface area (Å²) in [7, 11) is 0. The third-order valence-electron chi connectivity index (χ3n) is 4.79. The smallest absolute Gasteiger partial charge is 0.374 e. The number of ether oxygens (including phenoxy) is 1. The van der Waals surface area contributed by atoms with Gasteiger partial charge in [-0.05, 0) is 49.4 Å². The van der Waals surface area contributed by atoms with Gasteiger partial charge in [0.1, 0.15) is 0 Å².